The molecule has 0 fully saturated rings. The van der Waals surface area contributed by atoms with Crippen LogP contribution < -0.4 is 9.47 Å². The zero-order chi connectivity index (χ0) is 22.2. The van der Waals surface area contributed by atoms with Gasteiger partial charge in [-0.15, -0.1) is 0 Å². The van der Waals surface area contributed by atoms with Crippen molar-refractivity contribution in [1.29, 1.82) is 0 Å². The number of hydrogen-bond donors (Lipinski definition) is 1. The van der Waals surface area contributed by atoms with Gasteiger partial charge in [-0.2, -0.15) is 0 Å². The van der Waals surface area contributed by atoms with Crippen LogP contribution in [0.15, 0.2) is 66.7 Å². The first-order valence-corrected chi connectivity index (χ1v) is 10.2. The highest BCUT2D eigenvalue weighted by Crippen LogP contribution is 2.47. The summed E-state index contributed by atoms with van der Waals surface area (Å²) in [7, 11) is 1.27. The first-order valence-electron chi connectivity index (χ1n) is 10.2. The highest BCUT2D eigenvalue weighted by molar-refractivity contribution is 5.85. The molecule has 1 heterocycles. The Labute approximate surface area is 184 Å². The number of nitrogens with zero attached hydrogens (tertiary/aromatic N) is 1. The third-order valence-corrected chi connectivity index (χ3v) is 5.95. The molecule has 0 aromatic heterocycles. The van der Waals surface area contributed by atoms with Crippen molar-refractivity contribution in [1.82, 2.24) is 4.90 Å². The van der Waals surface area contributed by atoms with E-state index in [2.05, 4.69) is 0 Å². The topological polar surface area (TPSA) is 85.3 Å². The predicted octanol–water partition coefficient (Wildman–Crippen LogP) is 4.25. The summed E-state index contributed by atoms with van der Waals surface area (Å²) in [6.45, 7) is 0.130. The van der Waals surface area contributed by atoms with Crippen LogP contribution in [0.3, 0.4) is 0 Å². The molecule has 0 saturated carbocycles. The van der Waals surface area contributed by atoms with E-state index in [1.165, 1.54) is 12.0 Å². The van der Waals surface area contributed by atoms with Crippen molar-refractivity contribution in [2.24, 2.45) is 0 Å². The lowest BCUT2D eigenvalue weighted by Crippen LogP contribution is -2.48. The van der Waals surface area contributed by atoms with Gasteiger partial charge < -0.3 is 19.3 Å². The Morgan fingerprint density at radius 1 is 1.00 bits per heavy atom. The van der Waals surface area contributed by atoms with Crippen LogP contribution in [0, 0.1) is 0 Å². The van der Waals surface area contributed by atoms with Crippen molar-refractivity contribution in [2.45, 2.75) is 18.5 Å². The summed E-state index contributed by atoms with van der Waals surface area (Å²) in [6, 6.07) is 19.0. The molecule has 1 atom stereocenters. The second-order valence-corrected chi connectivity index (χ2v) is 7.70. The van der Waals surface area contributed by atoms with Gasteiger partial charge in [0.05, 0.1) is 13.2 Å². The Morgan fingerprint density at radius 2 is 1.62 bits per heavy atom. The first kappa shape index (κ1) is 19.9. The van der Waals surface area contributed by atoms with Gasteiger partial charge in [0.25, 0.3) is 0 Å². The zero-order valence-corrected chi connectivity index (χ0v) is 17.4. The molecule has 0 saturated heterocycles. The Morgan fingerprint density at radius 3 is 2.25 bits per heavy atom. The van der Waals surface area contributed by atoms with Gasteiger partial charge >= 0.3 is 12.1 Å². The molecule has 1 aliphatic carbocycles. The molecule has 1 amide bonds. The minimum absolute atomic E-state index is 0.0852. The van der Waals surface area contributed by atoms with E-state index in [1.54, 1.807) is 18.2 Å². The maximum absolute atomic E-state index is 13.0. The Kier molecular flexibility index (Phi) is 4.93. The summed E-state index contributed by atoms with van der Waals surface area (Å²) in [5.74, 6) is 0.0619. The maximum atomic E-state index is 13.0. The number of benzene rings is 3. The second kappa shape index (κ2) is 7.92. The van der Waals surface area contributed by atoms with E-state index in [0.717, 1.165) is 27.8 Å². The summed E-state index contributed by atoms with van der Waals surface area (Å²) >= 11 is 0. The summed E-state index contributed by atoms with van der Waals surface area (Å²) in [6.07, 6.45) is -0.614. The number of rotatable bonds is 5. The van der Waals surface area contributed by atoms with E-state index in [9.17, 15) is 14.7 Å². The fraction of sp³-hybridized carbons (Fsp3) is 0.200. The van der Waals surface area contributed by atoms with Crippen molar-refractivity contribution < 1.29 is 28.9 Å². The molecule has 3 aromatic rings. The van der Waals surface area contributed by atoms with Gasteiger partial charge in [-0.1, -0.05) is 54.6 Å². The second-order valence-electron chi connectivity index (χ2n) is 7.70. The molecule has 7 nitrogen and oxygen atoms in total. The summed E-state index contributed by atoms with van der Waals surface area (Å²) in [5.41, 5.74) is 4.42. The number of methoxy groups -OCH3 is 1. The van der Waals surface area contributed by atoms with Gasteiger partial charge in [0, 0.05) is 6.42 Å². The zero-order valence-electron chi connectivity index (χ0n) is 17.4. The lowest BCUT2D eigenvalue weighted by molar-refractivity contribution is -0.143. The molecule has 0 bridgehead atoms. The monoisotopic (exact) mass is 431 g/mol. The van der Waals surface area contributed by atoms with Crippen LogP contribution in [0.2, 0.25) is 0 Å². The maximum Gasteiger partial charge on any atom is 0.411 e. The van der Waals surface area contributed by atoms with Crippen LogP contribution >= 0.6 is 0 Å². The molecule has 2 aliphatic rings. The van der Waals surface area contributed by atoms with Gasteiger partial charge in [-0.05, 0) is 39.9 Å². The van der Waals surface area contributed by atoms with E-state index < -0.39 is 24.1 Å². The van der Waals surface area contributed by atoms with Gasteiger partial charge in [0.2, 0.25) is 6.79 Å². The number of ether oxygens (including phenoxy) is 3. The van der Waals surface area contributed by atoms with E-state index in [1.807, 2.05) is 48.5 Å². The van der Waals surface area contributed by atoms with Crippen molar-refractivity contribution in [3.63, 3.8) is 0 Å². The smallest absolute Gasteiger partial charge is 0.411 e. The minimum Gasteiger partial charge on any atom is -0.480 e. The van der Waals surface area contributed by atoms with E-state index >= 15 is 0 Å². The molecular weight excluding hydrogens is 410 g/mol. The molecular formula is C25H21NO6. The van der Waals surface area contributed by atoms with Crippen LogP contribution in [0.25, 0.3) is 11.1 Å². The molecule has 1 aliphatic heterocycles. The van der Waals surface area contributed by atoms with Crippen LogP contribution in [0.1, 0.15) is 22.7 Å². The van der Waals surface area contributed by atoms with Crippen molar-refractivity contribution in [2.75, 3.05) is 13.9 Å². The average molecular weight is 431 g/mol. The van der Waals surface area contributed by atoms with Crippen LogP contribution in [0.5, 0.6) is 11.5 Å². The van der Waals surface area contributed by atoms with E-state index in [-0.39, 0.29) is 13.2 Å². The average Bonchev–Trinajstić information content (AvgIpc) is 3.41. The van der Waals surface area contributed by atoms with E-state index in [0.29, 0.717) is 11.5 Å². The standard InChI is InChI=1S/C25H21NO6/c1-30-25(29)26(20(24(27)28)12-15-10-11-21-22(13-15)32-14-31-21)23-18-8-4-2-6-16(18)17-7-3-5-9-19(17)23/h2-11,13,20,23H,12,14H2,1H3,(H,27,28). The number of fused-ring (bicyclic) bond motifs is 4. The Balaban J connectivity index is 1.59. The SMILES string of the molecule is COC(=O)N(C(Cc1ccc2c(c1)OCO2)C(=O)O)C1c2ccccc2-c2ccccc21. The quantitative estimate of drug-likeness (QED) is 0.650. The lowest BCUT2D eigenvalue weighted by Gasteiger charge is -2.34. The van der Waals surface area contributed by atoms with Gasteiger partial charge in [-0.3, -0.25) is 4.90 Å². The number of amides is 1. The Hall–Kier alpha value is -4.00. The molecule has 7 heteroatoms. The molecule has 1 N–H and O–H groups in total. The van der Waals surface area contributed by atoms with Gasteiger partial charge in [0.15, 0.2) is 11.5 Å². The molecule has 3 aromatic carbocycles. The lowest BCUT2D eigenvalue weighted by atomic mass is 9.98. The van der Waals surface area contributed by atoms with Gasteiger partial charge in [0.1, 0.15) is 6.04 Å². The van der Waals surface area contributed by atoms with Crippen LogP contribution in [-0.2, 0) is 16.0 Å². The molecule has 32 heavy (non-hydrogen) atoms. The predicted molar refractivity (Wildman–Crippen MR) is 116 cm³/mol. The highest BCUT2D eigenvalue weighted by Gasteiger charge is 2.42. The van der Waals surface area contributed by atoms with E-state index in [4.69, 9.17) is 14.2 Å². The number of carbonyl (C=O) groups excluding carboxylic acids is 1. The normalized spacial score (nSPS) is 14.4. The van der Waals surface area contributed by atoms with Crippen molar-refractivity contribution >= 4 is 12.1 Å². The molecule has 0 radical (unpaired) electrons. The number of hydrogen-bond acceptors (Lipinski definition) is 5. The van der Waals surface area contributed by atoms with Crippen LogP contribution in [-0.4, -0.2) is 42.0 Å². The summed E-state index contributed by atoms with van der Waals surface area (Å²) in [4.78, 5) is 26.8. The van der Waals surface area contributed by atoms with Crippen molar-refractivity contribution in [3.05, 3.63) is 83.4 Å². The summed E-state index contributed by atoms with van der Waals surface area (Å²) < 4.78 is 15.9. The molecule has 5 rings (SSSR count). The minimum atomic E-state index is -1.16. The highest BCUT2D eigenvalue weighted by atomic mass is 16.7. The third kappa shape index (κ3) is 3.22. The number of carboxylic acids is 1. The number of carboxylic acid groups (broad SMARTS) is 1. The first-order chi connectivity index (χ1) is 15.6. The van der Waals surface area contributed by atoms with Gasteiger partial charge in [-0.25, -0.2) is 9.59 Å². The number of aliphatic carboxylic acids is 1. The third-order valence-electron chi connectivity index (χ3n) is 5.95. The molecule has 0 spiro atoms. The fourth-order valence-corrected chi connectivity index (χ4v) is 4.54. The van der Waals surface area contributed by atoms with Crippen molar-refractivity contribution in [3.8, 4) is 22.6 Å². The Bertz CT molecular complexity index is 1160. The molecule has 162 valence electrons. The van der Waals surface area contributed by atoms with Crippen LogP contribution in [0.4, 0.5) is 4.79 Å². The number of carbonyl (C=O) groups is 2. The molecule has 1 unspecified atom stereocenters. The summed E-state index contributed by atoms with van der Waals surface area (Å²) in [5, 5.41) is 10.2. The fourth-order valence-electron chi connectivity index (χ4n) is 4.54. The largest absolute Gasteiger partial charge is 0.480 e.